The summed E-state index contributed by atoms with van der Waals surface area (Å²) >= 11 is 1.47. The molecule has 0 aliphatic heterocycles. The van der Waals surface area contributed by atoms with Gasteiger partial charge in [-0.25, -0.2) is 0 Å². The lowest BCUT2D eigenvalue weighted by Crippen LogP contribution is -1.98. The van der Waals surface area contributed by atoms with E-state index in [9.17, 15) is 0 Å². The van der Waals surface area contributed by atoms with Crippen LogP contribution in [0, 0.1) is 22.7 Å². The van der Waals surface area contributed by atoms with Crippen molar-refractivity contribution in [3.63, 3.8) is 0 Å². The molecule has 0 bridgehead atoms. The topological polar surface area (TPSA) is 68.8 Å². The molecule has 0 saturated carbocycles. The summed E-state index contributed by atoms with van der Waals surface area (Å²) in [6, 6.07) is 15.2. The van der Waals surface area contributed by atoms with Crippen molar-refractivity contribution in [2.75, 3.05) is 11.9 Å². The van der Waals surface area contributed by atoms with E-state index < -0.39 is 0 Å². The van der Waals surface area contributed by atoms with Crippen molar-refractivity contribution in [2.24, 2.45) is 0 Å². The Morgan fingerprint density at radius 3 is 2.84 bits per heavy atom. The van der Waals surface area contributed by atoms with E-state index in [1.807, 2.05) is 36.4 Å². The Bertz CT molecular complexity index is 637. The van der Waals surface area contributed by atoms with Crippen LogP contribution in [0.1, 0.15) is 9.75 Å². The van der Waals surface area contributed by atoms with Crippen molar-refractivity contribution in [3.05, 3.63) is 46.2 Å². The first-order valence-electron chi connectivity index (χ1n) is 5.64. The van der Waals surface area contributed by atoms with Crippen molar-refractivity contribution >= 4 is 17.0 Å². The molecule has 0 aliphatic rings. The Kier molecular flexibility index (Phi) is 4.39. The fraction of sp³-hybridized carbons (Fsp3) is 0.143. The van der Waals surface area contributed by atoms with E-state index in [4.69, 9.17) is 15.3 Å². The summed E-state index contributed by atoms with van der Waals surface area (Å²) in [6.07, 6.45) is 0. The molecular weight excluding hydrogens is 258 g/mol. The molecule has 0 saturated heterocycles. The van der Waals surface area contributed by atoms with Crippen LogP contribution in [-0.4, -0.2) is 6.61 Å². The maximum atomic E-state index is 8.75. The summed E-state index contributed by atoms with van der Waals surface area (Å²) in [5.74, 6) is 0.662. The van der Waals surface area contributed by atoms with Gasteiger partial charge in [0.05, 0.1) is 0 Å². The number of nitrogens with zero attached hydrogens (tertiary/aromatic N) is 2. The number of nitrogens with one attached hydrogen (secondary N) is 1. The van der Waals surface area contributed by atoms with E-state index in [0.29, 0.717) is 17.2 Å². The zero-order valence-electron chi connectivity index (χ0n) is 10.1. The van der Waals surface area contributed by atoms with E-state index in [-0.39, 0.29) is 6.61 Å². The van der Waals surface area contributed by atoms with Gasteiger partial charge in [-0.15, -0.1) is 11.3 Å². The number of ether oxygens (including phenoxy) is 1. The smallest absolute Gasteiger partial charge is 0.174 e. The second-order valence-electron chi connectivity index (χ2n) is 3.71. The Hall–Kier alpha value is -2.50. The van der Waals surface area contributed by atoms with E-state index in [1.165, 1.54) is 11.3 Å². The minimum Gasteiger partial charge on any atom is -0.479 e. The van der Waals surface area contributed by atoms with Crippen molar-refractivity contribution < 1.29 is 4.74 Å². The van der Waals surface area contributed by atoms with Crippen LogP contribution < -0.4 is 10.1 Å². The predicted octanol–water partition coefficient (Wildman–Crippen LogP) is 3.13. The molecule has 0 spiro atoms. The maximum absolute atomic E-state index is 8.75. The Morgan fingerprint density at radius 2 is 2.11 bits per heavy atom. The molecule has 4 nitrogen and oxygen atoms in total. The van der Waals surface area contributed by atoms with Gasteiger partial charge in [0, 0.05) is 23.2 Å². The summed E-state index contributed by atoms with van der Waals surface area (Å²) in [5, 5.41) is 20.5. The Balaban J connectivity index is 1.96. The molecule has 0 aliphatic carbocycles. The SMILES string of the molecule is N#CCOc1cccc(NCc2ccc(C#N)s2)c1. The second-order valence-corrected chi connectivity index (χ2v) is 4.87. The fourth-order valence-electron chi connectivity index (χ4n) is 1.53. The van der Waals surface area contributed by atoms with Crippen molar-refractivity contribution in [1.82, 2.24) is 0 Å². The number of rotatable bonds is 5. The normalized spacial score (nSPS) is 9.37. The number of thiophene rings is 1. The Labute approximate surface area is 115 Å². The van der Waals surface area contributed by atoms with Crippen LogP contribution in [0.4, 0.5) is 5.69 Å². The van der Waals surface area contributed by atoms with Crippen molar-refractivity contribution in [2.45, 2.75) is 6.54 Å². The van der Waals surface area contributed by atoms with Gasteiger partial charge in [-0.05, 0) is 24.3 Å². The molecule has 0 amide bonds. The molecule has 2 rings (SSSR count). The van der Waals surface area contributed by atoms with Crippen molar-refractivity contribution in [1.29, 1.82) is 10.5 Å². The lowest BCUT2D eigenvalue weighted by atomic mass is 10.3. The maximum Gasteiger partial charge on any atom is 0.174 e. The molecule has 5 heteroatoms. The van der Waals surface area contributed by atoms with Crippen molar-refractivity contribution in [3.8, 4) is 17.9 Å². The van der Waals surface area contributed by atoms with Crippen LogP contribution in [0.5, 0.6) is 5.75 Å². The molecule has 94 valence electrons. The lowest BCUT2D eigenvalue weighted by molar-refractivity contribution is 0.368. The third-order valence-corrected chi connectivity index (χ3v) is 3.37. The van der Waals surface area contributed by atoms with E-state index in [2.05, 4.69) is 11.4 Å². The quantitative estimate of drug-likeness (QED) is 0.905. The number of nitriles is 2. The second kappa shape index (κ2) is 6.44. The minimum atomic E-state index is 0.0416. The zero-order chi connectivity index (χ0) is 13.5. The highest BCUT2D eigenvalue weighted by molar-refractivity contribution is 7.12. The van der Waals surface area contributed by atoms with Gasteiger partial charge in [0.15, 0.2) is 6.61 Å². The van der Waals surface area contributed by atoms with E-state index >= 15 is 0 Å². The highest BCUT2D eigenvalue weighted by atomic mass is 32.1. The molecule has 0 atom stereocenters. The largest absolute Gasteiger partial charge is 0.479 e. The molecule has 1 heterocycles. The highest BCUT2D eigenvalue weighted by Gasteiger charge is 2.00. The predicted molar refractivity (Wildman–Crippen MR) is 73.9 cm³/mol. The Morgan fingerprint density at radius 1 is 1.21 bits per heavy atom. The lowest BCUT2D eigenvalue weighted by Gasteiger charge is -2.07. The van der Waals surface area contributed by atoms with E-state index in [1.54, 1.807) is 6.07 Å². The van der Waals surface area contributed by atoms with Crippen LogP contribution in [0.15, 0.2) is 36.4 Å². The van der Waals surface area contributed by atoms with Gasteiger partial charge in [0.25, 0.3) is 0 Å². The molecule has 1 aromatic carbocycles. The molecule has 0 radical (unpaired) electrons. The standard InChI is InChI=1S/C14H11N3OS/c15-6-7-18-12-3-1-2-11(8-12)17-10-14-5-4-13(9-16)19-14/h1-5,8,17H,7,10H2. The molecule has 1 aromatic heterocycles. The van der Waals surface area contributed by atoms with Crippen LogP contribution in [0.25, 0.3) is 0 Å². The number of anilines is 1. The van der Waals surface area contributed by atoms with Gasteiger partial charge in [-0.3, -0.25) is 0 Å². The molecule has 0 unspecified atom stereocenters. The number of hydrogen-bond acceptors (Lipinski definition) is 5. The highest BCUT2D eigenvalue weighted by Crippen LogP contribution is 2.20. The van der Waals surface area contributed by atoms with Gasteiger partial charge in [0.2, 0.25) is 0 Å². The van der Waals surface area contributed by atoms with Crippen LogP contribution in [-0.2, 0) is 6.54 Å². The average Bonchev–Trinajstić information content (AvgIpc) is 2.91. The molecular formula is C14H11N3OS. The summed E-state index contributed by atoms with van der Waals surface area (Å²) in [4.78, 5) is 1.81. The first-order chi connectivity index (χ1) is 9.31. The minimum absolute atomic E-state index is 0.0416. The van der Waals surface area contributed by atoms with Crippen LogP contribution in [0.2, 0.25) is 0 Å². The first kappa shape index (κ1) is 12.9. The summed E-state index contributed by atoms with van der Waals surface area (Å²) in [7, 11) is 0. The molecule has 0 fully saturated rings. The van der Waals surface area contributed by atoms with Gasteiger partial charge >= 0.3 is 0 Å². The molecule has 2 aromatic rings. The number of benzene rings is 1. The fourth-order valence-corrected chi connectivity index (χ4v) is 2.28. The molecule has 1 N–H and O–H groups in total. The summed E-state index contributed by atoms with van der Waals surface area (Å²) in [6.45, 7) is 0.702. The van der Waals surface area contributed by atoms with Gasteiger partial charge in [0.1, 0.15) is 22.8 Å². The van der Waals surface area contributed by atoms with Gasteiger partial charge in [-0.1, -0.05) is 6.07 Å². The monoisotopic (exact) mass is 269 g/mol. The van der Waals surface area contributed by atoms with Crippen LogP contribution >= 0.6 is 11.3 Å². The molecule has 19 heavy (non-hydrogen) atoms. The van der Waals surface area contributed by atoms with Gasteiger partial charge in [-0.2, -0.15) is 10.5 Å². The summed E-state index contributed by atoms with van der Waals surface area (Å²) < 4.78 is 5.23. The first-order valence-corrected chi connectivity index (χ1v) is 6.46. The average molecular weight is 269 g/mol. The summed E-state index contributed by atoms with van der Waals surface area (Å²) in [5.41, 5.74) is 0.919. The van der Waals surface area contributed by atoms with Gasteiger partial charge < -0.3 is 10.1 Å². The zero-order valence-corrected chi connectivity index (χ0v) is 10.9. The van der Waals surface area contributed by atoms with Crippen LogP contribution in [0.3, 0.4) is 0 Å². The third kappa shape index (κ3) is 3.74. The van der Waals surface area contributed by atoms with E-state index in [0.717, 1.165) is 10.6 Å². The number of hydrogen-bond donors (Lipinski definition) is 1. The third-order valence-electron chi connectivity index (χ3n) is 2.38.